The highest BCUT2D eigenvalue weighted by atomic mass is 13.9. The van der Waals surface area contributed by atoms with E-state index in [1.54, 1.807) is 0 Å². The molecule has 0 aliphatic carbocycles. The highest BCUT2D eigenvalue weighted by molar-refractivity contribution is 5.61. The molecule has 0 N–H and O–H groups in total. The normalized spacial score (nSPS) is 8.10. The molecule has 0 heterocycles. The fourth-order valence-electron chi connectivity index (χ4n) is 1.26. The standard InChI is InChI=1S/C10H12.C8H14.C2H6.CH4/c1-8(2)10-6-4-9(3)5-7-10;1-7(2)5-6-8(3)4;1-2;/h4-7H,1H2,2-3H3;1,3,5-6H2,2,4H3;1-2H3;1H4. The van der Waals surface area contributed by atoms with Gasteiger partial charge >= 0.3 is 0 Å². The Bertz CT molecular complexity index is 390. The van der Waals surface area contributed by atoms with Crippen LogP contribution in [0.15, 0.2) is 55.1 Å². The second-order valence-corrected chi connectivity index (χ2v) is 5.06. The predicted molar refractivity (Wildman–Crippen MR) is 103 cm³/mol. The van der Waals surface area contributed by atoms with Crippen molar-refractivity contribution in [2.75, 3.05) is 0 Å². The maximum atomic E-state index is 3.86. The van der Waals surface area contributed by atoms with Crippen LogP contribution in [0.25, 0.3) is 5.57 Å². The average molecular weight is 289 g/mol. The van der Waals surface area contributed by atoms with Gasteiger partial charge in [-0.25, -0.2) is 0 Å². The summed E-state index contributed by atoms with van der Waals surface area (Å²) in [6, 6.07) is 8.39. The Kier molecular flexibility index (Phi) is 17.3. The van der Waals surface area contributed by atoms with Gasteiger partial charge in [-0.2, -0.15) is 0 Å². The number of hydrogen-bond donors (Lipinski definition) is 0. The molecule has 0 bridgehead atoms. The molecule has 0 saturated carbocycles. The van der Waals surface area contributed by atoms with Crippen LogP contribution in [0.4, 0.5) is 0 Å². The SMILES string of the molecule is C.C=C(C)CCC(=C)C.C=C(C)c1ccc(C)cc1.CC. The maximum Gasteiger partial charge on any atom is -0.0233 e. The summed E-state index contributed by atoms with van der Waals surface area (Å²) in [6.45, 7) is 23.6. The van der Waals surface area contributed by atoms with Crippen LogP contribution in [0.1, 0.15) is 66.0 Å². The van der Waals surface area contributed by atoms with Gasteiger partial charge in [0.2, 0.25) is 0 Å². The second-order valence-electron chi connectivity index (χ2n) is 5.06. The van der Waals surface area contributed by atoms with Crippen LogP contribution >= 0.6 is 0 Å². The lowest BCUT2D eigenvalue weighted by Crippen LogP contribution is -1.76. The van der Waals surface area contributed by atoms with Crippen molar-refractivity contribution in [1.82, 2.24) is 0 Å². The summed E-state index contributed by atoms with van der Waals surface area (Å²) >= 11 is 0. The van der Waals surface area contributed by atoms with Crippen molar-refractivity contribution >= 4 is 5.57 Å². The Balaban J connectivity index is -0.000000270. The topological polar surface area (TPSA) is 0 Å². The van der Waals surface area contributed by atoms with Gasteiger partial charge in [0.25, 0.3) is 0 Å². The largest absolute Gasteiger partial charge is 0.100 e. The third-order valence-electron chi connectivity index (χ3n) is 2.52. The number of rotatable bonds is 4. The molecule has 120 valence electrons. The van der Waals surface area contributed by atoms with Gasteiger partial charge < -0.3 is 0 Å². The van der Waals surface area contributed by atoms with Crippen molar-refractivity contribution in [2.45, 2.75) is 61.8 Å². The van der Waals surface area contributed by atoms with E-state index in [1.165, 1.54) is 22.3 Å². The number of allylic oxidation sites excluding steroid dienone is 3. The van der Waals surface area contributed by atoms with E-state index in [0.29, 0.717) is 0 Å². The lowest BCUT2D eigenvalue weighted by atomic mass is 10.1. The molecule has 21 heavy (non-hydrogen) atoms. The molecule has 0 heteroatoms. The highest BCUT2D eigenvalue weighted by Crippen LogP contribution is 2.11. The summed E-state index contributed by atoms with van der Waals surface area (Å²) in [4.78, 5) is 0. The molecule has 1 aromatic rings. The van der Waals surface area contributed by atoms with Crippen LogP contribution in [-0.2, 0) is 0 Å². The van der Waals surface area contributed by atoms with Crippen LogP contribution in [0.3, 0.4) is 0 Å². The fraction of sp³-hybridized carbons (Fsp3) is 0.429. The summed E-state index contributed by atoms with van der Waals surface area (Å²) in [5, 5.41) is 0. The predicted octanol–water partition coefficient (Wildman–Crippen LogP) is 7.61. The van der Waals surface area contributed by atoms with Gasteiger partial charge in [-0.15, -0.1) is 13.2 Å². The molecule has 0 spiro atoms. The van der Waals surface area contributed by atoms with Crippen molar-refractivity contribution in [3.05, 3.63) is 66.3 Å². The van der Waals surface area contributed by atoms with Crippen LogP contribution in [0, 0.1) is 6.92 Å². The molecule has 0 unspecified atom stereocenters. The van der Waals surface area contributed by atoms with E-state index >= 15 is 0 Å². The minimum absolute atomic E-state index is 0. The van der Waals surface area contributed by atoms with Gasteiger partial charge in [0.15, 0.2) is 0 Å². The summed E-state index contributed by atoms with van der Waals surface area (Å²) in [7, 11) is 0. The molecule has 0 nitrogen and oxygen atoms in total. The van der Waals surface area contributed by atoms with Gasteiger partial charge in [-0.3, -0.25) is 0 Å². The van der Waals surface area contributed by atoms with E-state index in [0.717, 1.165) is 18.4 Å². The minimum Gasteiger partial charge on any atom is -0.100 e. The summed E-state index contributed by atoms with van der Waals surface area (Å²) in [6.07, 6.45) is 2.19. The molecule has 0 fully saturated rings. The fourth-order valence-corrected chi connectivity index (χ4v) is 1.26. The zero-order chi connectivity index (χ0) is 16.1. The van der Waals surface area contributed by atoms with Gasteiger partial charge in [-0.1, -0.05) is 74.4 Å². The molecular formula is C21H36. The second kappa shape index (κ2) is 14.8. The third-order valence-corrected chi connectivity index (χ3v) is 2.52. The van der Waals surface area contributed by atoms with Crippen LogP contribution in [-0.4, -0.2) is 0 Å². The zero-order valence-electron chi connectivity index (χ0n) is 14.3. The minimum atomic E-state index is 0. The monoisotopic (exact) mass is 288 g/mol. The van der Waals surface area contributed by atoms with E-state index < -0.39 is 0 Å². The van der Waals surface area contributed by atoms with E-state index in [2.05, 4.69) is 50.9 Å². The first-order valence-electron chi connectivity index (χ1n) is 7.34. The number of benzene rings is 1. The van der Waals surface area contributed by atoms with Crippen molar-refractivity contribution in [3.63, 3.8) is 0 Å². The van der Waals surface area contributed by atoms with E-state index in [1.807, 2.05) is 34.6 Å². The Labute approximate surface area is 134 Å². The molecule has 0 aliphatic heterocycles. The molecule has 0 aliphatic rings. The molecule has 0 atom stereocenters. The van der Waals surface area contributed by atoms with Crippen molar-refractivity contribution in [1.29, 1.82) is 0 Å². The molecule has 0 radical (unpaired) electrons. The molecule has 0 amide bonds. The number of hydrogen-bond acceptors (Lipinski definition) is 0. The van der Waals surface area contributed by atoms with Crippen LogP contribution in [0.2, 0.25) is 0 Å². The first kappa shape index (κ1) is 24.5. The summed E-state index contributed by atoms with van der Waals surface area (Å²) in [5.74, 6) is 0. The van der Waals surface area contributed by atoms with Gasteiger partial charge in [0.05, 0.1) is 0 Å². The summed E-state index contributed by atoms with van der Waals surface area (Å²) < 4.78 is 0. The Hall–Kier alpha value is -1.56. The highest BCUT2D eigenvalue weighted by Gasteiger charge is 1.89. The average Bonchev–Trinajstić information content (AvgIpc) is 2.40. The summed E-state index contributed by atoms with van der Waals surface area (Å²) in [5.41, 5.74) is 6.14. The molecule has 0 aromatic heterocycles. The maximum absolute atomic E-state index is 3.86. The number of aryl methyl sites for hydroxylation is 1. The van der Waals surface area contributed by atoms with Gasteiger partial charge in [0, 0.05) is 0 Å². The van der Waals surface area contributed by atoms with Crippen LogP contribution in [0.5, 0.6) is 0 Å². The lowest BCUT2D eigenvalue weighted by molar-refractivity contribution is 0.933. The Morgan fingerprint density at radius 3 is 1.38 bits per heavy atom. The lowest BCUT2D eigenvalue weighted by Gasteiger charge is -1.98. The molecular weight excluding hydrogens is 252 g/mol. The van der Waals surface area contributed by atoms with Crippen LogP contribution < -0.4 is 0 Å². The first-order chi connectivity index (χ1) is 9.32. The quantitative estimate of drug-likeness (QED) is 0.500. The Morgan fingerprint density at radius 2 is 1.14 bits per heavy atom. The van der Waals surface area contributed by atoms with Crippen molar-refractivity contribution in [3.8, 4) is 0 Å². The van der Waals surface area contributed by atoms with Crippen molar-refractivity contribution in [2.24, 2.45) is 0 Å². The van der Waals surface area contributed by atoms with E-state index in [4.69, 9.17) is 0 Å². The van der Waals surface area contributed by atoms with E-state index in [9.17, 15) is 0 Å². The zero-order valence-corrected chi connectivity index (χ0v) is 14.3. The molecule has 0 saturated heterocycles. The smallest absolute Gasteiger partial charge is 0.0233 e. The first-order valence-corrected chi connectivity index (χ1v) is 7.34. The van der Waals surface area contributed by atoms with Crippen molar-refractivity contribution < 1.29 is 0 Å². The third kappa shape index (κ3) is 16.4. The van der Waals surface area contributed by atoms with Gasteiger partial charge in [0.1, 0.15) is 0 Å². The molecule has 1 aromatic carbocycles. The Morgan fingerprint density at radius 1 is 0.810 bits per heavy atom. The van der Waals surface area contributed by atoms with Gasteiger partial charge in [-0.05, 0) is 46.1 Å². The molecule has 1 rings (SSSR count). The van der Waals surface area contributed by atoms with E-state index in [-0.39, 0.29) is 7.43 Å².